The Morgan fingerprint density at radius 2 is 2.25 bits per heavy atom. The Kier molecular flexibility index (Phi) is 4.43. The number of carbonyl (C=O) groups is 1. The number of aromatic nitrogens is 5. The number of imidazole rings is 1. The molecule has 9 heteroatoms. The van der Waals surface area contributed by atoms with Crippen LogP contribution >= 0.6 is 0 Å². The van der Waals surface area contributed by atoms with E-state index in [1.165, 1.54) is 4.68 Å². The minimum absolute atomic E-state index is 0.0632. The fourth-order valence-corrected chi connectivity index (χ4v) is 1.77. The molecule has 0 bridgehead atoms. The van der Waals surface area contributed by atoms with E-state index in [1.54, 1.807) is 24.1 Å². The quantitative estimate of drug-likeness (QED) is 0.650. The molecule has 0 unspecified atom stereocenters. The van der Waals surface area contributed by atoms with Gasteiger partial charge in [0.05, 0.1) is 44.6 Å². The summed E-state index contributed by atoms with van der Waals surface area (Å²) in [6, 6.07) is 0. The van der Waals surface area contributed by atoms with E-state index in [2.05, 4.69) is 15.3 Å². The van der Waals surface area contributed by atoms with Crippen LogP contribution in [0.5, 0.6) is 0 Å². The molecular formula is C11H15N5O4. The van der Waals surface area contributed by atoms with Crippen molar-refractivity contribution in [3.63, 3.8) is 0 Å². The van der Waals surface area contributed by atoms with E-state index in [4.69, 9.17) is 14.9 Å². The molecule has 2 N–H and O–H groups in total. The largest absolute Gasteiger partial charge is 0.476 e. The van der Waals surface area contributed by atoms with Gasteiger partial charge >= 0.3 is 5.97 Å². The van der Waals surface area contributed by atoms with Crippen LogP contribution in [0.3, 0.4) is 0 Å². The van der Waals surface area contributed by atoms with Crippen LogP contribution in [0, 0.1) is 0 Å². The van der Waals surface area contributed by atoms with Crippen molar-refractivity contribution in [1.29, 1.82) is 0 Å². The summed E-state index contributed by atoms with van der Waals surface area (Å²) in [6.07, 6.45) is 3.12. The van der Waals surface area contributed by atoms with Gasteiger partial charge in [0, 0.05) is 7.05 Å². The van der Waals surface area contributed by atoms with Gasteiger partial charge in [-0.1, -0.05) is 5.21 Å². The highest BCUT2D eigenvalue weighted by atomic mass is 16.5. The maximum atomic E-state index is 11.2. The molecule has 2 aromatic rings. The van der Waals surface area contributed by atoms with E-state index >= 15 is 0 Å². The molecule has 2 aromatic heterocycles. The molecule has 0 amide bonds. The first-order valence-electron chi connectivity index (χ1n) is 5.97. The monoisotopic (exact) mass is 281 g/mol. The molecule has 0 aromatic carbocycles. The Bertz CT molecular complexity index is 591. The van der Waals surface area contributed by atoms with Crippen LogP contribution in [-0.4, -0.2) is 60.5 Å². The molecule has 0 atom stereocenters. The third-order valence-electron chi connectivity index (χ3n) is 2.68. The zero-order valence-electron chi connectivity index (χ0n) is 10.9. The minimum Gasteiger partial charge on any atom is -0.476 e. The van der Waals surface area contributed by atoms with E-state index < -0.39 is 5.97 Å². The van der Waals surface area contributed by atoms with Crippen LogP contribution in [0.4, 0.5) is 0 Å². The van der Waals surface area contributed by atoms with Crippen LogP contribution in [0.25, 0.3) is 11.4 Å². The van der Waals surface area contributed by atoms with Crippen LogP contribution in [0.2, 0.25) is 0 Å². The summed E-state index contributed by atoms with van der Waals surface area (Å²) in [5.74, 6) is -1.15. The zero-order valence-corrected chi connectivity index (χ0v) is 10.9. The molecule has 0 spiro atoms. The van der Waals surface area contributed by atoms with Gasteiger partial charge in [-0.05, 0) is 0 Å². The number of carboxylic acids is 1. The topological polar surface area (TPSA) is 115 Å². The summed E-state index contributed by atoms with van der Waals surface area (Å²) in [5.41, 5.74) is 0.857. The number of rotatable bonds is 7. The summed E-state index contributed by atoms with van der Waals surface area (Å²) in [7, 11) is 1.76. The summed E-state index contributed by atoms with van der Waals surface area (Å²) in [5, 5.41) is 25.3. The summed E-state index contributed by atoms with van der Waals surface area (Å²) < 4.78 is 8.30. The Labute approximate surface area is 114 Å². The van der Waals surface area contributed by atoms with Crippen molar-refractivity contribution < 1.29 is 19.7 Å². The SMILES string of the molecule is Cn1cncc1-c1c(C(=O)O)nnn1CCOCCO. The van der Waals surface area contributed by atoms with Gasteiger partial charge in [0.2, 0.25) is 0 Å². The van der Waals surface area contributed by atoms with Crippen molar-refractivity contribution in [2.45, 2.75) is 6.54 Å². The van der Waals surface area contributed by atoms with Crippen molar-refractivity contribution in [3.8, 4) is 11.4 Å². The smallest absolute Gasteiger partial charge is 0.358 e. The van der Waals surface area contributed by atoms with E-state index in [0.29, 0.717) is 24.5 Å². The maximum absolute atomic E-state index is 11.2. The minimum atomic E-state index is -1.15. The summed E-state index contributed by atoms with van der Waals surface area (Å²) in [6.45, 7) is 0.794. The highest BCUT2D eigenvalue weighted by molar-refractivity contribution is 5.92. The number of aromatic carboxylic acids is 1. The molecule has 0 aliphatic rings. The number of aliphatic hydroxyl groups excluding tert-OH is 1. The van der Waals surface area contributed by atoms with Crippen molar-refractivity contribution in [1.82, 2.24) is 24.5 Å². The highest BCUT2D eigenvalue weighted by Crippen LogP contribution is 2.21. The second-order valence-electron chi connectivity index (χ2n) is 4.04. The number of aryl methyl sites for hydroxylation is 1. The lowest BCUT2D eigenvalue weighted by Crippen LogP contribution is -2.12. The van der Waals surface area contributed by atoms with Crippen molar-refractivity contribution in [2.24, 2.45) is 7.05 Å². The number of hydrogen-bond donors (Lipinski definition) is 2. The van der Waals surface area contributed by atoms with Gasteiger partial charge in [-0.2, -0.15) is 0 Å². The van der Waals surface area contributed by atoms with Gasteiger partial charge < -0.3 is 19.5 Å². The Morgan fingerprint density at radius 3 is 2.85 bits per heavy atom. The maximum Gasteiger partial charge on any atom is 0.358 e. The first-order chi connectivity index (χ1) is 9.65. The molecule has 0 fully saturated rings. The lowest BCUT2D eigenvalue weighted by molar-refractivity contribution is 0.0691. The van der Waals surface area contributed by atoms with E-state index in [0.717, 1.165) is 0 Å². The van der Waals surface area contributed by atoms with Crippen LogP contribution in [0.15, 0.2) is 12.5 Å². The lowest BCUT2D eigenvalue weighted by Gasteiger charge is -2.07. The van der Waals surface area contributed by atoms with E-state index in [1.807, 2.05) is 0 Å². The molecule has 9 nitrogen and oxygen atoms in total. The Hall–Kier alpha value is -2.26. The fourth-order valence-electron chi connectivity index (χ4n) is 1.77. The molecule has 20 heavy (non-hydrogen) atoms. The van der Waals surface area contributed by atoms with Gasteiger partial charge in [0.15, 0.2) is 5.69 Å². The van der Waals surface area contributed by atoms with Crippen molar-refractivity contribution in [3.05, 3.63) is 18.2 Å². The Morgan fingerprint density at radius 1 is 1.45 bits per heavy atom. The fraction of sp³-hybridized carbons (Fsp3) is 0.455. The average molecular weight is 281 g/mol. The molecule has 0 saturated heterocycles. The van der Waals surface area contributed by atoms with Crippen LogP contribution in [-0.2, 0) is 18.3 Å². The normalized spacial score (nSPS) is 10.9. The number of hydrogen-bond acceptors (Lipinski definition) is 6. The summed E-state index contributed by atoms with van der Waals surface area (Å²) in [4.78, 5) is 15.2. The summed E-state index contributed by atoms with van der Waals surface area (Å²) >= 11 is 0. The van der Waals surface area contributed by atoms with Gasteiger partial charge in [-0.25, -0.2) is 14.5 Å². The standard InChI is InChI=1S/C11H15N5O4/c1-15-7-12-6-8(15)10-9(11(18)19)13-14-16(10)2-4-20-5-3-17/h6-7,17H,2-5H2,1H3,(H,18,19). The molecule has 2 rings (SSSR count). The third kappa shape index (κ3) is 2.83. The second-order valence-corrected chi connectivity index (χ2v) is 4.04. The zero-order chi connectivity index (χ0) is 14.5. The number of aliphatic hydroxyl groups is 1. The van der Waals surface area contributed by atoms with Crippen molar-refractivity contribution >= 4 is 5.97 Å². The van der Waals surface area contributed by atoms with Gasteiger partial charge in [0.25, 0.3) is 0 Å². The Balaban J connectivity index is 2.29. The number of ether oxygens (including phenoxy) is 1. The molecule has 0 saturated carbocycles. The van der Waals surface area contributed by atoms with Crippen molar-refractivity contribution in [2.75, 3.05) is 19.8 Å². The van der Waals surface area contributed by atoms with Crippen LogP contribution < -0.4 is 0 Å². The predicted molar refractivity (Wildman–Crippen MR) is 67.1 cm³/mol. The first kappa shape index (κ1) is 14.2. The number of carboxylic acid groups (broad SMARTS) is 1. The van der Waals surface area contributed by atoms with Crippen LogP contribution in [0.1, 0.15) is 10.5 Å². The van der Waals surface area contributed by atoms with E-state index in [-0.39, 0.29) is 18.9 Å². The van der Waals surface area contributed by atoms with Gasteiger partial charge in [-0.15, -0.1) is 5.10 Å². The molecule has 0 aliphatic carbocycles. The predicted octanol–water partition coefficient (Wildman–Crippen LogP) is -0.614. The molecule has 0 radical (unpaired) electrons. The number of nitrogens with zero attached hydrogens (tertiary/aromatic N) is 5. The molecule has 2 heterocycles. The molecular weight excluding hydrogens is 266 g/mol. The van der Waals surface area contributed by atoms with E-state index in [9.17, 15) is 4.79 Å². The first-order valence-corrected chi connectivity index (χ1v) is 5.97. The third-order valence-corrected chi connectivity index (χ3v) is 2.68. The lowest BCUT2D eigenvalue weighted by atomic mass is 10.2. The second kappa shape index (κ2) is 6.26. The molecule has 108 valence electrons. The van der Waals surface area contributed by atoms with Gasteiger partial charge in [-0.3, -0.25) is 0 Å². The van der Waals surface area contributed by atoms with Gasteiger partial charge in [0.1, 0.15) is 5.69 Å². The molecule has 0 aliphatic heterocycles. The highest BCUT2D eigenvalue weighted by Gasteiger charge is 2.22. The average Bonchev–Trinajstić information content (AvgIpc) is 3.00.